The number of carbonyl (C=O) groups is 1. The molecule has 0 aliphatic carbocycles. The highest BCUT2D eigenvalue weighted by molar-refractivity contribution is 5.67. The third-order valence-electron chi connectivity index (χ3n) is 4.15. The predicted molar refractivity (Wildman–Crippen MR) is 71.2 cm³/mol. The van der Waals surface area contributed by atoms with E-state index in [0.717, 1.165) is 38.3 Å². The van der Waals surface area contributed by atoms with E-state index in [2.05, 4.69) is 11.0 Å². The third kappa shape index (κ3) is 2.59. The molecule has 102 valence electrons. The van der Waals surface area contributed by atoms with Crippen molar-refractivity contribution in [2.45, 2.75) is 25.3 Å². The summed E-state index contributed by atoms with van der Waals surface area (Å²) >= 11 is 0. The van der Waals surface area contributed by atoms with E-state index in [4.69, 9.17) is 9.84 Å². The second-order valence-corrected chi connectivity index (χ2v) is 5.44. The topological polar surface area (TPSA) is 49.8 Å². The average molecular weight is 261 g/mol. The summed E-state index contributed by atoms with van der Waals surface area (Å²) in [5, 5.41) is 8.89. The fourth-order valence-corrected chi connectivity index (χ4v) is 3.26. The van der Waals surface area contributed by atoms with Crippen molar-refractivity contribution in [2.75, 3.05) is 19.7 Å². The molecule has 2 atom stereocenters. The molecule has 2 aliphatic heterocycles. The number of hydrogen-bond donors (Lipinski definition) is 1. The summed E-state index contributed by atoms with van der Waals surface area (Å²) in [5.41, 5.74) is 1.25. The first kappa shape index (κ1) is 12.5. The molecule has 2 aliphatic rings. The molecule has 0 bridgehead atoms. The molecule has 1 aromatic carbocycles. The lowest BCUT2D eigenvalue weighted by molar-refractivity contribution is -0.138. The molecule has 2 unspecified atom stereocenters. The number of nitrogens with zero attached hydrogens (tertiary/aromatic N) is 1. The van der Waals surface area contributed by atoms with Gasteiger partial charge in [-0.05, 0) is 24.9 Å². The molecule has 1 N–H and O–H groups in total. The fourth-order valence-electron chi connectivity index (χ4n) is 3.26. The van der Waals surface area contributed by atoms with Crippen LogP contribution in [0.15, 0.2) is 24.3 Å². The number of para-hydroxylation sites is 1. The zero-order chi connectivity index (χ0) is 13.2. The molecule has 4 heteroatoms. The molecule has 2 heterocycles. The normalized spacial score (nSPS) is 26.7. The summed E-state index contributed by atoms with van der Waals surface area (Å²) in [4.78, 5) is 13.2. The van der Waals surface area contributed by atoms with Crippen molar-refractivity contribution in [3.8, 4) is 5.75 Å². The summed E-state index contributed by atoms with van der Waals surface area (Å²) < 4.78 is 5.68. The van der Waals surface area contributed by atoms with Crippen molar-refractivity contribution >= 4 is 5.97 Å². The standard InChI is InChI=1S/C15H19NO3/c17-15(18)9-11-5-7-16(10-11)13-6-8-19-14-4-2-1-3-12(13)14/h1-4,11,13H,5-10H2,(H,17,18). The Morgan fingerprint density at radius 3 is 3.05 bits per heavy atom. The van der Waals surface area contributed by atoms with E-state index >= 15 is 0 Å². The Hall–Kier alpha value is -1.55. The van der Waals surface area contributed by atoms with Crippen molar-refractivity contribution in [3.63, 3.8) is 0 Å². The number of ether oxygens (including phenoxy) is 1. The number of benzene rings is 1. The molecule has 1 aromatic rings. The molecule has 1 fully saturated rings. The Morgan fingerprint density at radius 2 is 2.21 bits per heavy atom. The van der Waals surface area contributed by atoms with Gasteiger partial charge in [0.15, 0.2) is 0 Å². The number of hydrogen-bond acceptors (Lipinski definition) is 3. The summed E-state index contributed by atoms with van der Waals surface area (Å²) in [6.45, 7) is 2.64. The van der Waals surface area contributed by atoms with E-state index in [1.165, 1.54) is 5.56 Å². The Labute approximate surface area is 113 Å². The van der Waals surface area contributed by atoms with Crippen LogP contribution in [0.25, 0.3) is 0 Å². The Bertz CT molecular complexity index is 474. The molecular weight excluding hydrogens is 242 g/mol. The zero-order valence-corrected chi connectivity index (χ0v) is 10.9. The van der Waals surface area contributed by atoms with Gasteiger partial charge in [-0.15, -0.1) is 0 Å². The molecule has 19 heavy (non-hydrogen) atoms. The summed E-state index contributed by atoms with van der Waals surface area (Å²) in [6, 6.07) is 8.59. The molecule has 4 nitrogen and oxygen atoms in total. The third-order valence-corrected chi connectivity index (χ3v) is 4.15. The van der Waals surface area contributed by atoms with Gasteiger partial charge >= 0.3 is 5.97 Å². The first-order valence-corrected chi connectivity index (χ1v) is 6.91. The SMILES string of the molecule is O=C(O)CC1CCN(C2CCOc3ccccc32)C1. The predicted octanol–water partition coefficient (Wildman–Crippen LogP) is 2.31. The monoisotopic (exact) mass is 261 g/mol. The second kappa shape index (κ2) is 5.21. The van der Waals surface area contributed by atoms with Gasteiger partial charge in [0.05, 0.1) is 6.61 Å². The minimum absolute atomic E-state index is 0.293. The lowest BCUT2D eigenvalue weighted by Gasteiger charge is -2.33. The van der Waals surface area contributed by atoms with Crippen LogP contribution in [0.2, 0.25) is 0 Å². The Morgan fingerprint density at radius 1 is 1.37 bits per heavy atom. The first-order valence-electron chi connectivity index (χ1n) is 6.91. The van der Waals surface area contributed by atoms with Crippen LogP contribution in [-0.4, -0.2) is 35.7 Å². The largest absolute Gasteiger partial charge is 0.493 e. The van der Waals surface area contributed by atoms with Crippen LogP contribution in [-0.2, 0) is 4.79 Å². The van der Waals surface area contributed by atoms with Crippen LogP contribution in [0.4, 0.5) is 0 Å². The van der Waals surface area contributed by atoms with Gasteiger partial charge in [-0.2, -0.15) is 0 Å². The fraction of sp³-hybridized carbons (Fsp3) is 0.533. The van der Waals surface area contributed by atoms with Crippen LogP contribution >= 0.6 is 0 Å². The quantitative estimate of drug-likeness (QED) is 0.907. The van der Waals surface area contributed by atoms with E-state index in [9.17, 15) is 4.79 Å². The van der Waals surface area contributed by atoms with Gasteiger partial charge in [0.25, 0.3) is 0 Å². The lowest BCUT2D eigenvalue weighted by atomic mass is 9.99. The summed E-state index contributed by atoms with van der Waals surface area (Å²) in [7, 11) is 0. The van der Waals surface area contributed by atoms with Crippen LogP contribution in [0.5, 0.6) is 5.75 Å². The van der Waals surface area contributed by atoms with Crippen LogP contribution in [0.3, 0.4) is 0 Å². The highest BCUT2D eigenvalue weighted by Gasteiger charge is 2.32. The minimum atomic E-state index is -0.681. The number of fused-ring (bicyclic) bond motifs is 1. The molecule has 0 radical (unpaired) electrons. The summed E-state index contributed by atoms with van der Waals surface area (Å²) in [6.07, 6.45) is 2.28. The van der Waals surface area contributed by atoms with Gasteiger partial charge in [-0.1, -0.05) is 18.2 Å². The lowest BCUT2D eigenvalue weighted by Crippen LogP contribution is -2.31. The molecule has 0 aromatic heterocycles. The molecule has 0 amide bonds. The van der Waals surface area contributed by atoms with Crippen molar-refractivity contribution < 1.29 is 14.6 Å². The Balaban J connectivity index is 1.73. The molecule has 0 spiro atoms. The van der Waals surface area contributed by atoms with E-state index in [1.54, 1.807) is 0 Å². The number of aliphatic carboxylic acids is 1. The van der Waals surface area contributed by atoms with E-state index in [0.29, 0.717) is 18.4 Å². The second-order valence-electron chi connectivity index (χ2n) is 5.44. The van der Waals surface area contributed by atoms with Gasteiger partial charge in [-0.3, -0.25) is 9.69 Å². The van der Waals surface area contributed by atoms with Crippen LogP contribution in [0.1, 0.15) is 30.9 Å². The molecule has 1 saturated heterocycles. The maximum Gasteiger partial charge on any atom is 0.303 e. The molecule has 3 rings (SSSR count). The maximum atomic E-state index is 10.8. The van der Waals surface area contributed by atoms with Gasteiger partial charge < -0.3 is 9.84 Å². The van der Waals surface area contributed by atoms with Crippen molar-refractivity contribution in [1.29, 1.82) is 0 Å². The van der Waals surface area contributed by atoms with Crippen molar-refractivity contribution in [2.24, 2.45) is 5.92 Å². The summed E-state index contributed by atoms with van der Waals surface area (Å²) in [5.74, 6) is 0.604. The van der Waals surface area contributed by atoms with Crippen LogP contribution in [0, 0.1) is 5.92 Å². The first-order chi connectivity index (χ1) is 9.24. The van der Waals surface area contributed by atoms with E-state index in [-0.39, 0.29) is 0 Å². The van der Waals surface area contributed by atoms with Crippen molar-refractivity contribution in [3.05, 3.63) is 29.8 Å². The highest BCUT2D eigenvalue weighted by Crippen LogP contribution is 2.38. The highest BCUT2D eigenvalue weighted by atomic mass is 16.5. The van der Waals surface area contributed by atoms with Gasteiger partial charge in [0.1, 0.15) is 5.75 Å². The van der Waals surface area contributed by atoms with E-state index in [1.807, 2.05) is 18.2 Å². The number of likely N-dealkylation sites (tertiary alicyclic amines) is 1. The number of rotatable bonds is 3. The Kier molecular flexibility index (Phi) is 3.42. The van der Waals surface area contributed by atoms with Crippen molar-refractivity contribution in [1.82, 2.24) is 4.90 Å². The molecule has 0 saturated carbocycles. The number of carboxylic acids is 1. The number of carboxylic acid groups (broad SMARTS) is 1. The minimum Gasteiger partial charge on any atom is -0.493 e. The average Bonchev–Trinajstić information content (AvgIpc) is 2.85. The zero-order valence-electron chi connectivity index (χ0n) is 10.9. The van der Waals surface area contributed by atoms with E-state index < -0.39 is 5.97 Å². The van der Waals surface area contributed by atoms with Gasteiger partial charge in [0, 0.05) is 31.0 Å². The van der Waals surface area contributed by atoms with Gasteiger partial charge in [0.2, 0.25) is 0 Å². The molecular formula is C15H19NO3. The maximum absolute atomic E-state index is 10.8. The van der Waals surface area contributed by atoms with Crippen LogP contribution < -0.4 is 4.74 Å². The van der Waals surface area contributed by atoms with Gasteiger partial charge in [-0.25, -0.2) is 0 Å². The smallest absolute Gasteiger partial charge is 0.303 e.